The number of benzene rings is 2. The summed E-state index contributed by atoms with van der Waals surface area (Å²) in [5, 5.41) is 11.2. The second-order valence-corrected chi connectivity index (χ2v) is 7.48. The first-order chi connectivity index (χ1) is 13.0. The summed E-state index contributed by atoms with van der Waals surface area (Å²) in [5.74, 6) is 0.294. The van der Waals surface area contributed by atoms with E-state index < -0.39 is 10.0 Å². The van der Waals surface area contributed by atoms with Gasteiger partial charge in [0.1, 0.15) is 5.82 Å². The van der Waals surface area contributed by atoms with Crippen LogP contribution in [0.25, 0.3) is 11.0 Å². The molecule has 1 heterocycles. The predicted molar refractivity (Wildman–Crippen MR) is 99.1 cm³/mol. The molecule has 0 unspecified atom stereocenters. The lowest BCUT2D eigenvalue weighted by Gasteiger charge is -2.07. The Morgan fingerprint density at radius 3 is 2.59 bits per heavy atom. The quantitative estimate of drug-likeness (QED) is 0.535. The van der Waals surface area contributed by atoms with Gasteiger partial charge in [-0.2, -0.15) is 5.26 Å². The number of aromatic nitrogens is 2. The van der Waals surface area contributed by atoms with Gasteiger partial charge in [-0.15, -0.1) is 0 Å². The summed E-state index contributed by atoms with van der Waals surface area (Å²) in [7, 11) is -3.69. The van der Waals surface area contributed by atoms with E-state index >= 15 is 0 Å². The van der Waals surface area contributed by atoms with Crippen LogP contribution in [0.5, 0.6) is 0 Å². The number of sulfonamides is 1. The summed E-state index contributed by atoms with van der Waals surface area (Å²) >= 11 is 0. The van der Waals surface area contributed by atoms with E-state index in [2.05, 4.69) is 20.0 Å². The van der Waals surface area contributed by atoms with E-state index in [-0.39, 0.29) is 30.3 Å². The maximum atomic E-state index is 12.3. The maximum Gasteiger partial charge on any atom is 0.251 e. The molecule has 0 fully saturated rings. The molecule has 2 aromatic carbocycles. The van der Waals surface area contributed by atoms with Crippen LogP contribution in [-0.2, 0) is 16.6 Å². The van der Waals surface area contributed by atoms with Gasteiger partial charge in [-0.3, -0.25) is 4.79 Å². The monoisotopic (exact) mass is 383 g/mol. The summed E-state index contributed by atoms with van der Waals surface area (Å²) in [4.78, 5) is 19.8. The number of hydrogen-bond acceptors (Lipinski definition) is 5. The zero-order valence-electron chi connectivity index (χ0n) is 14.3. The van der Waals surface area contributed by atoms with E-state index in [1.54, 1.807) is 0 Å². The lowest BCUT2D eigenvalue weighted by molar-refractivity contribution is 0.0950. The Kier molecular flexibility index (Phi) is 5.49. The molecule has 0 aliphatic heterocycles. The normalized spacial score (nSPS) is 11.2. The Morgan fingerprint density at radius 2 is 1.89 bits per heavy atom. The summed E-state index contributed by atoms with van der Waals surface area (Å²) in [5.41, 5.74) is 2.04. The van der Waals surface area contributed by atoms with Crippen molar-refractivity contribution in [3.63, 3.8) is 0 Å². The third kappa shape index (κ3) is 4.49. The van der Waals surface area contributed by atoms with E-state index in [4.69, 9.17) is 5.26 Å². The van der Waals surface area contributed by atoms with Gasteiger partial charge >= 0.3 is 0 Å². The van der Waals surface area contributed by atoms with Crippen LogP contribution in [-0.4, -0.2) is 30.8 Å². The molecule has 1 amide bonds. The third-order valence-electron chi connectivity index (χ3n) is 3.81. The highest BCUT2D eigenvalue weighted by molar-refractivity contribution is 7.89. The van der Waals surface area contributed by atoms with Crippen molar-refractivity contribution in [2.24, 2.45) is 0 Å². The number of hydrogen-bond donors (Lipinski definition) is 3. The summed E-state index contributed by atoms with van der Waals surface area (Å²) in [6.45, 7) is 0.266. The summed E-state index contributed by atoms with van der Waals surface area (Å²) < 4.78 is 26.4. The third-order valence-corrected chi connectivity index (χ3v) is 5.29. The Bertz CT molecular complexity index is 1060. The van der Waals surface area contributed by atoms with Gasteiger partial charge < -0.3 is 10.3 Å². The molecule has 1 aromatic heterocycles. The van der Waals surface area contributed by atoms with Crippen molar-refractivity contribution < 1.29 is 13.2 Å². The molecule has 0 saturated heterocycles. The van der Waals surface area contributed by atoms with Gasteiger partial charge in [0.05, 0.1) is 28.5 Å². The number of rotatable bonds is 7. The Balaban J connectivity index is 1.62. The topological polar surface area (TPSA) is 128 Å². The van der Waals surface area contributed by atoms with Gasteiger partial charge in [0, 0.05) is 18.5 Å². The number of nitriles is 1. The number of para-hydroxylation sites is 2. The van der Waals surface area contributed by atoms with Gasteiger partial charge in [0.2, 0.25) is 10.0 Å². The Hall–Kier alpha value is -3.22. The van der Waals surface area contributed by atoms with Crippen LogP contribution in [0.15, 0.2) is 53.4 Å². The molecule has 0 spiro atoms. The number of aromatic amines is 1. The van der Waals surface area contributed by atoms with E-state index in [0.29, 0.717) is 11.4 Å². The van der Waals surface area contributed by atoms with Gasteiger partial charge in [0.15, 0.2) is 0 Å². The van der Waals surface area contributed by atoms with E-state index in [1.165, 1.54) is 24.3 Å². The van der Waals surface area contributed by atoms with Crippen molar-refractivity contribution in [3.05, 3.63) is 59.9 Å². The predicted octanol–water partition coefficient (Wildman–Crippen LogP) is 1.68. The second kappa shape index (κ2) is 7.99. The van der Waals surface area contributed by atoms with Gasteiger partial charge in [-0.05, 0) is 36.4 Å². The molecule has 27 heavy (non-hydrogen) atoms. The molecule has 0 aliphatic rings. The minimum Gasteiger partial charge on any atom is -0.345 e. The largest absolute Gasteiger partial charge is 0.345 e. The number of carbonyl (C=O) groups is 1. The Labute approximate surface area is 156 Å². The molecule has 0 radical (unpaired) electrons. The zero-order valence-corrected chi connectivity index (χ0v) is 15.1. The number of carbonyl (C=O) groups excluding carboxylic acids is 1. The molecular formula is C18H17N5O3S. The van der Waals surface area contributed by atoms with Crippen molar-refractivity contribution >= 4 is 27.0 Å². The van der Waals surface area contributed by atoms with E-state index in [1.807, 2.05) is 30.3 Å². The Morgan fingerprint density at radius 1 is 1.15 bits per heavy atom. The summed E-state index contributed by atoms with van der Waals surface area (Å²) in [6.07, 6.45) is 0.0848. The fourth-order valence-electron chi connectivity index (χ4n) is 2.47. The van der Waals surface area contributed by atoms with Crippen molar-refractivity contribution in [2.45, 2.75) is 17.9 Å². The van der Waals surface area contributed by atoms with Gasteiger partial charge in [-0.1, -0.05) is 12.1 Å². The first-order valence-corrected chi connectivity index (χ1v) is 9.66. The maximum absolute atomic E-state index is 12.3. The minimum absolute atomic E-state index is 0.0364. The van der Waals surface area contributed by atoms with Crippen molar-refractivity contribution in [1.29, 1.82) is 5.26 Å². The van der Waals surface area contributed by atoms with Crippen molar-refractivity contribution in [3.8, 4) is 6.07 Å². The number of nitrogens with one attached hydrogen (secondary N) is 3. The SMILES string of the molecule is N#CCCNS(=O)(=O)c1ccc(C(=O)NCc2nc3ccccc3[nH]2)cc1. The van der Waals surface area contributed by atoms with Crippen LogP contribution in [0.2, 0.25) is 0 Å². The van der Waals surface area contributed by atoms with Crippen molar-refractivity contribution in [2.75, 3.05) is 6.54 Å². The van der Waals surface area contributed by atoms with E-state index in [9.17, 15) is 13.2 Å². The summed E-state index contributed by atoms with van der Waals surface area (Å²) in [6, 6.07) is 15.0. The van der Waals surface area contributed by atoms with Crippen LogP contribution < -0.4 is 10.0 Å². The highest BCUT2D eigenvalue weighted by Crippen LogP contribution is 2.12. The molecule has 0 aliphatic carbocycles. The second-order valence-electron chi connectivity index (χ2n) is 5.71. The molecule has 0 saturated carbocycles. The van der Waals surface area contributed by atoms with Crippen LogP contribution in [0.4, 0.5) is 0 Å². The van der Waals surface area contributed by atoms with Crippen LogP contribution in [0, 0.1) is 11.3 Å². The van der Waals surface area contributed by atoms with Crippen LogP contribution >= 0.6 is 0 Å². The van der Waals surface area contributed by atoms with Gasteiger partial charge in [-0.25, -0.2) is 18.1 Å². The zero-order chi connectivity index (χ0) is 19.3. The number of fused-ring (bicyclic) bond motifs is 1. The van der Waals surface area contributed by atoms with Gasteiger partial charge in [0.25, 0.3) is 5.91 Å². The molecule has 3 aromatic rings. The molecular weight excluding hydrogens is 366 g/mol. The number of amides is 1. The fraction of sp³-hybridized carbons (Fsp3) is 0.167. The number of H-pyrrole nitrogens is 1. The first-order valence-electron chi connectivity index (χ1n) is 8.18. The smallest absolute Gasteiger partial charge is 0.251 e. The lowest BCUT2D eigenvalue weighted by Crippen LogP contribution is -2.25. The lowest BCUT2D eigenvalue weighted by atomic mass is 10.2. The molecule has 138 valence electrons. The molecule has 3 N–H and O–H groups in total. The molecule has 0 bridgehead atoms. The van der Waals surface area contributed by atoms with Crippen LogP contribution in [0.3, 0.4) is 0 Å². The van der Waals surface area contributed by atoms with Crippen molar-refractivity contribution in [1.82, 2.24) is 20.0 Å². The standard InChI is InChI=1S/C18H17N5O3S/c19-10-3-11-21-27(25,26)14-8-6-13(7-9-14)18(24)20-12-17-22-15-4-1-2-5-16(15)23-17/h1-2,4-9,21H,3,11-12H2,(H,20,24)(H,22,23). The highest BCUT2D eigenvalue weighted by atomic mass is 32.2. The fourth-order valence-corrected chi connectivity index (χ4v) is 3.50. The highest BCUT2D eigenvalue weighted by Gasteiger charge is 2.14. The molecule has 9 heteroatoms. The number of nitrogens with zero attached hydrogens (tertiary/aromatic N) is 2. The average Bonchev–Trinajstić information content (AvgIpc) is 3.09. The molecule has 0 atom stereocenters. The van der Waals surface area contributed by atoms with E-state index in [0.717, 1.165) is 11.0 Å². The minimum atomic E-state index is -3.69. The first kappa shape index (κ1) is 18.6. The number of imidazole rings is 1. The molecule has 3 rings (SSSR count). The molecule has 8 nitrogen and oxygen atoms in total. The van der Waals surface area contributed by atoms with Crippen LogP contribution in [0.1, 0.15) is 22.6 Å². The average molecular weight is 383 g/mol.